The summed E-state index contributed by atoms with van der Waals surface area (Å²) in [6.45, 7) is 3.73. The quantitative estimate of drug-likeness (QED) is 0.482. The number of carbonyl (C=O) groups excluding carboxylic acids is 2. The molecule has 0 saturated heterocycles. The molecule has 19 heavy (non-hydrogen) atoms. The van der Waals surface area contributed by atoms with Crippen LogP contribution in [-0.2, 0) is 14.4 Å². The average molecular weight is 261 g/mol. The van der Waals surface area contributed by atoms with Gasteiger partial charge in [0.25, 0.3) is 0 Å². The van der Waals surface area contributed by atoms with E-state index in [9.17, 15) is 14.4 Å². The summed E-state index contributed by atoms with van der Waals surface area (Å²) in [4.78, 5) is 36.6. The highest BCUT2D eigenvalue weighted by atomic mass is 16.4. The van der Waals surface area contributed by atoms with Gasteiger partial charge in [0.1, 0.15) is 6.29 Å². The van der Waals surface area contributed by atoms with Crippen molar-refractivity contribution in [3.05, 3.63) is 29.3 Å². The molecule has 5 heteroatoms. The Hall–Kier alpha value is -2.30. The number of aliphatic carboxylic acids is 1. The Morgan fingerprint density at radius 2 is 1.84 bits per heavy atom. The van der Waals surface area contributed by atoms with Gasteiger partial charge in [-0.25, -0.2) is 4.79 Å². The van der Waals surface area contributed by atoms with Gasteiger partial charge in [-0.3, -0.25) is 9.79 Å². The number of carboxylic acid groups (broad SMARTS) is 1. The third kappa shape index (κ3) is 4.13. The molecule has 0 aliphatic carbocycles. The number of ketones is 1. The highest BCUT2D eigenvalue weighted by Crippen LogP contribution is 2.23. The largest absolute Gasteiger partial charge is 0.475 e. The van der Waals surface area contributed by atoms with E-state index in [0.29, 0.717) is 12.0 Å². The van der Waals surface area contributed by atoms with Gasteiger partial charge in [0.15, 0.2) is 0 Å². The molecule has 0 heterocycles. The van der Waals surface area contributed by atoms with Crippen LogP contribution in [0.1, 0.15) is 24.0 Å². The van der Waals surface area contributed by atoms with Crippen molar-refractivity contribution in [3.63, 3.8) is 0 Å². The molecule has 0 unspecified atom stereocenters. The number of hydrogen-bond donors (Lipinski definition) is 1. The van der Waals surface area contributed by atoms with E-state index in [1.165, 1.54) is 0 Å². The monoisotopic (exact) mass is 261 g/mol. The van der Waals surface area contributed by atoms with Crippen LogP contribution in [0.3, 0.4) is 0 Å². The fourth-order valence-electron chi connectivity index (χ4n) is 1.65. The Balaban J connectivity index is 3.11. The van der Waals surface area contributed by atoms with Crippen LogP contribution in [0.4, 0.5) is 5.69 Å². The number of hydrogen-bond acceptors (Lipinski definition) is 4. The van der Waals surface area contributed by atoms with Crippen LogP contribution in [0.5, 0.6) is 0 Å². The molecule has 0 atom stereocenters. The Kier molecular flexibility index (Phi) is 5.11. The molecular weight excluding hydrogens is 246 g/mol. The molecular formula is C14H15NO4. The number of rotatable bonds is 6. The molecule has 1 aromatic carbocycles. The lowest BCUT2D eigenvalue weighted by atomic mass is 10.1. The van der Waals surface area contributed by atoms with E-state index >= 15 is 0 Å². The molecule has 1 N–H and O–H groups in total. The van der Waals surface area contributed by atoms with Gasteiger partial charge in [-0.15, -0.1) is 0 Å². The third-order valence-electron chi connectivity index (χ3n) is 2.63. The topological polar surface area (TPSA) is 83.8 Å². The van der Waals surface area contributed by atoms with E-state index in [1.807, 2.05) is 32.0 Å². The number of carbonyl (C=O) groups is 3. The molecule has 0 aliphatic heterocycles. The van der Waals surface area contributed by atoms with Crippen molar-refractivity contribution < 1.29 is 19.5 Å². The minimum absolute atomic E-state index is 0.0488. The van der Waals surface area contributed by atoms with Crippen LogP contribution in [-0.4, -0.2) is 28.9 Å². The molecule has 100 valence electrons. The van der Waals surface area contributed by atoms with Crippen molar-refractivity contribution in [2.45, 2.75) is 26.7 Å². The molecule has 0 aliphatic rings. The molecule has 0 aromatic heterocycles. The van der Waals surface area contributed by atoms with E-state index in [1.54, 1.807) is 0 Å². The van der Waals surface area contributed by atoms with E-state index in [2.05, 4.69) is 4.99 Å². The molecule has 0 radical (unpaired) electrons. The summed E-state index contributed by atoms with van der Waals surface area (Å²) in [6, 6.07) is 5.61. The van der Waals surface area contributed by atoms with Crippen LogP contribution in [0.2, 0.25) is 0 Å². The minimum atomic E-state index is -1.51. The summed E-state index contributed by atoms with van der Waals surface area (Å²) in [5.41, 5.74) is 2.76. The molecule has 0 spiro atoms. The fourth-order valence-corrected chi connectivity index (χ4v) is 1.65. The lowest BCUT2D eigenvalue weighted by Crippen LogP contribution is -2.17. The summed E-state index contributed by atoms with van der Waals surface area (Å²) in [7, 11) is 0. The highest BCUT2D eigenvalue weighted by molar-refractivity contribution is 6.37. The van der Waals surface area contributed by atoms with Crippen LogP contribution in [0.15, 0.2) is 23.2 Å². The summed E-state index contributed by atoms with van der Waals surface area (Å²) in [5, 5.41) is 8.58. The lowest BCUT2D eigenvalue weighted by Gasteiger charge is -2.07. The van der Waals surface area contributed by atoms with Crippen LogP contribution in [0, 0.1) is 13.8 Å². The predicted octanol–water partition coefficient (Wildman–Crippen LogP) is 2.01. The van der Waals surface area contributed by atoms with Gasteiger partial charge >= 0.3 is 5.97 Å². The molecule has 0 amide bonds. The van der Waals surface area contributed by atoms with Crippen molar-refractivity contribution in [2.24, 2.45) is 4.99 Å². The van der Waals surface area contributed by atoms with E-state index < -0.39 is 11.8 Å². The van der Waals surface area contributed by atoms with Crippen molar-refractivity contribution in [1.29, 1.82) is 0 Å². The second kappa shape index (κ2) is 6.58. The number of nitrogens with zero attached hydrogens (tertiary/aromatic N) is 1. The maximum atomic E-state index is 11.2. The first kappa shape index (κ1) is 14.8. The molecule has 0 bridgehead atoms. The summed E-state index contributed by atoms with van der Waals surface area (Å²) in [6.07, 6.45) is 0.218. The van der Waals surface area contributed by atoms with Gasteiger partial charge in [-0.1, -0.05) is 18.2 Å². The Morgan fingerprint density at radius 1 is 1.26 bits per heavy atom. The zero-order chi connectivity index (χ0) is 14.4. The lowest BCUT2D eigenvalue weighted by molar-refractivity contribution is -0.148. The first-order valence-corrected chi connectivity index (χ1v) is 5.78. The number of carboxylic acids is 1. The first-order chi connectivity index (χ1) is 8.95. The standard InChI is InChI=1S/C14H15NO4/c1-9-4-3-5-10(2)13(9)15-11(6-7-16)8-12(17)14(18)19/h3-5,7H,6,8H2,1-2H3,(H,18,19). The zero-order valence-electron chi connectivity index (χ0n) is 10.8. The fraction of sp³-hybridized carbons (Fsp3) is 0.286. The van der Waals surface area contributed by atoms with E-state index in [4.69, 9.17) is 5.11 Å². The molecule has 0 saturated carbocycles. The highest BCUT2D eigenvalue weighted by Gasteiger charge is 2.15. The van der Waals surface area contributed by atoms with Gasteiger partial charge in [0.2, 0.25) is 5.78 Å². The van der Waals surface area contributed by atoms with Gasteiger partial charge in [-0.05, 0) is 25.0 Å². The normalized spacial score (nSPS) is 11.2. The molecule has 5 nitrogen and oxygen atoms in total. The van der Waals surface area contributed by atoms with Crippen molar-refractivity contribution in [3.8, 4) is 0 Å². The Bertz CT molecular complexity index is 526. The molecule has 1 aromatic rings. The zero-order valence-corrected chi connectivity index (χ0v) is 10.8. The van der Waals surface area contributed by atoms with Crippen LogP contribution < -0.4 is 0 Å². The van der Waals surface area contributed by atoms with Gasteiger partial charge in [0.05, 0.1) is 12.1 Å². The van der Waals surface area contributed by atoms with Gasteiger partial charge in [0, 0.05) is 12.1 Å². The predicted molar refractivity (Wildman–Crippen MR) is 71.0 cm³/mol. The first-order valence-electron chi connectivity index (χ1n) is 5.78. The average Bonchev–Trinajstić information content (AvgIpc) is 2.34. The van der Waals surface area contributed by atoms with Gasteiger partial charge < -0.3 is 9.90 Å². The summed E-state index contributed by atoms with van der Waals surface area (Å²) < 4.78 is 0. The second-order valence-electron chi connectivity index (χ2n) is 4.19. The Labute approximate surface area is 111 Å². The Morgan fingerprint density at radius 3 is 2.32 bits per heavy atom. The molecule has 0 fully saturated rings. The SMILES string of the molecule is Cc1cccc(C)c1N=C(CC=O)CC(=O)C(=O)O. The third-order valence-corrected chi connectivity index (χ3v) is 2.63. The number of aldehydes is 1. The summed E-state index contributed by atoms with van der Waals surface area (Å²) >= 11 is 0. The summed E-state index contributed by atoms with van der Waals surface area (Å²) in [5.74, 6) is -2.48. The second-order valence-corrected chi connectivity index (χ2v) is 4.19. The molecule has 1 rings (SSSR count). The maximum absolute atomic E-state index is 11.2. The van der Waals surface area contributed by atoms with E-state index in [-0.39, 0.29) is 18.6 Å². The van der Waals surface area contributed by atoms with Crippen molar-refractivity contribution in [2.75, 3.05) is 0 Å². The number of Topliss-reactive ketones (excluding diaryl/α,β-unsaturated/α-hetero) is 1. The number of benzene rings is 1. The minimum Gasteiger partial charge on any atom is -0.475 e. The van der Waals surface area contributed by atoms with E-state index in [0.717, 1.165) is 11.1 Å². The smallest absolute Gasteiger partial charge is 0.372 e. The van der Waals surface area contributed by atoms with Crippen LogP contribution >= 0.6 is 0 Å². The van der Waals surface area contributed by atoms with Gasteiger partial charge in [-0.2, -0.15) is 0 Å². The van der Waals surface area contributed by atoms with Crippen molar-refractivity contribution >= 4 is 29.4 Å². The van der Waals surface area contributed by atoms with Crippen molar-refractivity contribution in [1.82, 2.24) is 0 Å². The number of para-hydroxylation sites is 1. The maximum Gasteiger partial charge on any atom is 0.372 e. The van der Waals surface area contributed by atoms with Crippen LogP contribution in [0.25, 0.3) is 0 Å². The number of aliphatic imine (C=N–C) groups is 1. The number of aryl methyl sites for hydroxylation is 2.